The summed E-state index contributed by atoms with van der Waals surface area (Å²) in [6, 6.07) is 19.2. The lowest BCUT2D eigenvalue weighted by atomic mass is 10.2. The van der Waals surface area contributed by atoms with Gasteiger partial charge in [-0.15, -0.1) is 5.10 Å². The van der Waals surface area contributed by atoms with E-state index in [-0.39, 0.29) is 11.6 Å². The summed E-state index contributed by atoms with van der Waals surface area (Å²) in [5, 5.41) is 8.38. The standard InChI is InChI=1S/C22H17N7O3S/c1-33(31,32)28-15-8-6-7-14(13-15)19-26-20-16-9-2-3-10-17(16)24-22(29(20)27-19)25-18-11-4-5-12-23-21(18)30/h2-13,28H,1H3,(H,23,24,25,30). The third-order valence-electron chi connectivity index (χ3n) is 4.73. The second kappa shape index (κ2) is 7.95. The maximum atomic E-state index is 12.3. The van der Waals surface area contributed by atoms with Gasteiger partial charge in [-0.2, -0.15) is 4.52 Å². The van der Waals surface area contributed by atoms with Crippen molar-refractivity contribution >= 4 is 43.9 Å². The summed E-state index contributed by atoms with van der Waals surface area (Å²) >= 11 is 0. The number of hydrogen-bond acceptors (Lipinski definition) is 8. The largest absolute Gasteiger partial charge is 0.319 e. The van der Waals surface area contributed by atoms with Crippen molar-refractivity contribution in [2.24, 2.45) is 0 Å². The minimum absolute atomic E-state index is 0.237. The molecule has 164 valence electrons. The van der Waals surface area contributed by atoms with E-state index in [4.69, 9.17) is 0 Å². The van der Waals surface area contributed by atoms with E-state index in [0.29, 0.717) is 28.2 Å². The van der Waals surface area contributed by atoms with Crippen LogP contribution in [0.25, 0.3) is 27.9 Å². The average Bonchev–Trinajstić information content (AvgIpc) is 3.13. The molecule has 0 radical (unpaired) electrons. The Hall–Kier alpha value is -4.38. The van der Waals surface area contributed by atoms with Gasteiger partial charge in [0.1, 0.15) is 5.69 Å². The van der Waals surface area contributed by atoms with E-state index in [1.54, 1.807) is 42.5 Å². The van der Waals surface area contributed by atoms with Gasteiger partial charge in [0, 0.05) is 22.8 Å². The van der Waals surface area contributed by atoms with Gasteiger partial charge in [0.15, 0.2) is 11.5 Å². The Morgan fingerprint density at radius 3 is 2.61 bits per heavy atom. The second-order valence-electron chi connectivity index (χ2n) is 7.25. The number of hydrogen-bond donors (Lipinski definition) is 2. The highest BCUT2D eigenvalue weighted by molar-refractivity contribution is 7.92. The summed E-state index contributed by atoms with van der Waals surface area (Å²) in [7, 11) is -3.43. The van der Waals surface area contributed by atoms with Crippen molar-refractivity contribution in [3.63, 3.8) is 0 Å². The fraction of sp³-hybridized carbons (Fsp3) is 0.0455. The van der Waals surface area contributed by atoms with E-state index in [1.807, 2.05) is 24.3 Å². The van der Waals surface area contributed by atoms with Gasteiger partial charge in [0.25, 0.3) is 5.56 Å². The number of fused-ring (bicyclic) bond motifs is 3. The van der Waals surface area contributed by atoms with E-state index in [2.05, 4.69) is 30.1 Å². The summed E-state index contributed by atoms with van der Waals surface area (Å²) < 4.78 is 27.2. The van der Waals surface area contributed by atoms with Gasteiger partial charge in [-0.1, -0.05) is 30.3 Å². The summed E-state index contributed by atoms with van der Waals surface area (Å²) in [6.45, 7) is 0. The maximum Gasteiger partial charge on any atom is 0.293 e. The van der Waals surface area contributed by atoms with Gasteiger partial charge < -0.3 is 5.32 Å². The van der Waals surface area contributed by atoms with E-state index in [9.17, 15) is 13.2 Å². The third kappa shape index (κ3) is 4.21. The highest BCUT2D eigenvalue weighted by Gasteiger charge is 2.16. The molecule has 0 saturated carbocycles. The van der Waals surface area contributed by atoms with Crippen molar-refractivity contribution < 1.29 is 8.42 Å². The molecule has 0 saturated heterocycles. The molecule has 0 aliphatic heterocycles. The van der Waals surface area contributed by atoms with E-state index in [1.165, 1.54) is 10.7 Å². The molecule has 2 N–H and O–H groups in total. The molecule has 0 unspecified atom stereocenters. The molecule has 0 amide bonds. The van der Waals surface area contributed by atoms with Crippen molar-refractivity contribution in [2.75, 3.05) is 16.3 Å². The second-order valence-corrected chi connectivity index (χ2v) is 9.00. The van der Waals surface area contributed by atoms with Gasteiger partial charge in [0.2, 0.25) is 16.0 Å². The lowest BCUT2D eigenvalue weighted by molar-refractivity contribution is 0.607. The van der Waals surface area contributed by atoms with E-state index < -0.39 is 15.6 Å². The van der Waals surface area contributed by atoms with Crippen LogP contribution in [0.2, 0.25) is 0 Å². The predicted octanol–water partition coefficient (Wildman–Crippen LogP) is 2.81. The minimum Gasteiger partial charge on any atom is -0.319 e. The van der Waals surface area contributed by atoms with Crippen LogP contribution in [0.15, 0.2) is 77.7 Å². The van der Waals surface area contributed by atoms with Crippen LogP contribution in [0.3, 0.4) is 0 Å². The molecule has 0 spiro atoms. The van der Waals surface area contributed by atoms with Crippen LogP contribution in [-0.2, 0) is 10.0 Å². The normalized spacial score (nSPS) is 11.5. The molecule has 2 aromatic carbocycles. The first-order valence-corrected chi connectivity index (χ1v) is 11.7. The monoisotopic (exact) mass is 459 g/mol. The number of sulfonamides is 1. The van der Waals surface area contributed by atoms with Gasteiger partial charge >= 0.3 is 0 Å². The molecular formula is C22H17N7O3S. The van der Waals surface area contributed by atoms with Crippen LogP contribution in [0.5, 0.6) is 0 Å². The predicted molar refractivity (Wildman–Crippen MR) is 126 cm³/mol. The quantitative estimate of drug-likeness (QED) is 0.410. The minimum atomic E-state index is -3.43. The molecule has 5 aromatic rings. The Bertz CT molecular complexity index is 1680. The van der Waals surface area contributed by atoms with Crippen LogP contribution in [0.1, 0.15) is 0 Å². The summed E-state index contributed by atoms with van der Waals surface area (Å²) in [5.74, 6) is 0.658. The Balaban J connectivity index is 1.69. The number of nitrogens with one attached hydrogen (secondary N) is 2. The Labute approximate surface area is 188 Å². The maximum absolute atomic E-state index is 12.3. The fourth-order valence-corrected chi connectivity index (χ4v) is 3.92. The highest BCUT2D eigenvalue weighted by Crippen LogP contribution is 2.26. The lowest BCUT2D eigenvalue weighted by Crippen LogP contribution is -2.11. The Morgan fingerprint density at radius 1 is 0.939 bits per heavy atom. The molecular weight excluding hydrogens is 442 g/mol. The molecule has 33 heavy (non-hydrogen) atoms. The molecule has 0 bridgehead atoms. The average molecular weight is 459 g/mol. The number of rotatable bonds is 5. The molecule has 0 atom stereocenters. The van der Waals surface area contributed by atoms with Gasteiger partial charge in [-0.05, 0) is 36.4 Å². The van der Waals surface area contributed by atoms with Crippen molar-refractivity contribution in [3.8, 4) is 11.4 Å². The third-order valence-corrected chi connectivity index (χ3v) is 5.34. The van der Waals surface area contributed by atoms with Gasteiger partial charge in [-0.25, -0.2) is 23.4 Å². The van der Waals surface area contributed by atoms with Crippen molar-refractivity contribution in [2.45, 2.75) is 0 Å². The molecule has 3 heterocycles. The molecule has 0 fully saturated rings. The molecule has 11 heteroatoms. The van der Waals surface area contributed by atoms with Gasteiger partial charge in [-0.3, -0.25) is 9.52 Å². The zero-order valence-electron chi connectivity index (χ0n) is 17.3. The van der Waals surface area contributed by atoms with Crippen LogP contribution < -0.4 is 15.6 Å². The zero-order chi connectivity index (χ0) is 23.0. The molecule has 5 rings (SSSR count). The smallest absolute Gasteiger partial charge is 0.293 e. The van der Waals surface area contributed by atoms with Crippen LogP contribution in [0.4, 0.5) is 17.3 Å². The van der Waals surface area contributed by atoms with Crippen molar-refractivity contribution in [3.05, 3.63) is 83.3 Å². The number of aromatic nitrogens is 5. The summed E-state index contributed by atoms with van der Waals surface area (Å²) in [6.07, 6.45) is 2.50. The van der Waals surface area contributed by atoms with Crippen molar-refractivity contribution in [1.82, 2.24) is 24.6 Å². The van der Waals surface area contributed by atoms with Crippen LogP contribution >= 0.6 is 0 Å². The first-order valence-electron chi connectivity index (χ1n) is 9.83. The molecule has 10 nitrogen and oxygen atoms in total. The van der Waals surface area contributed by atoms with Crippen LogP contribution in [-0.4, -0.2) is 39.2 Å². The summed E-state index contributed by atoms with van der Waals surface area (Å²) in [5.41, 5.74) is 2.00. The Kier molecular flexibility index (Phi) is 4.94. The molecule has 0 aliphatic rings. The highest BCUT2D eigenvalue weighted by atomic mass is 32.2. The Morgan fingerprint density at radius 2 is 1.76 bits per heavy atom. The number of nitrogens with zero attached hydrogens (tertiary/aromatic N) is 5. The first-order chi connectivity index (χ1) is 15.9. The number of anilines is 3. The van der Waals surface area contributed by atoms with Crippen molar-refractivity contribution in [1.29, 1.82) is 0 Å². The van der Waals surface area contributed by atoms with Gasteiger partial charge in [0.05, 0.1) is 11.8 Å². The SMILES string of the molecule is CS(=O)(=O)Nc1cccc(-c2nc3c4ccccc4nc(Nc4ccccnc4=O)n3n2)c1. The molecule has 0 aliphatic carbocycles. The van der Waals surface area contributed by atoms with Crippen LogP contribution in [0, 0.1) is 0 Å². The zero-order valence-corrected chi connectivity index (χ0v) is 18.1. The summed E-state index contributed by atoms with van der Waals surface area (Å²) in [4.78, 5) is 25.4. The van der Waals surface area contributed by atoms with E-state index in [0.717, 1.165) is 11.6 Å². The molecule has 3 aromatic heterocycles. The lowest BCUT2D eigenvalue weighted by Gasteiger charge is -2.07. The number of para-hydroxylation sites is 1. The fourth-order valence-electron chi connectivity index (χ4n) is 3.36. The topological polar surface area (TPSA) is 131 Å². The number of benzene rings is 2. The van der Waals surface area contributed by atoms with E-state index >= 15 is 0 Å². The first kappa shape index (κ1) is 20.5.